The number of nitrogens with one attached hydrogen (secondary N) is 1. The van der Waals surface area contributed by atoms with Gasteiger partial charge in [0.2, 0.25) is 5.91 Å². The molecule has 0 saturated heterocycles. The molecule has 1 N–H and O–H groups in total. The third-order valence-electron chi connectivity index (χ3n) is 4.77. The fraction of sp³-hybridized carbons (Fsp3) is 0.300. The van der Waals surface area contributed by atoms with Gasteiger partial charge in [-0.05, 0) is 19.1 Å². The fourth-order valence-electron chi connectivity index (χ4n) is 3.16. The molecular weight excluding hydrogens is 390 g/mol. The number of para-hydroxylation sites is 1. The van der Waals surface area contributed by atoms with E-state index in [0.29, 0.717) is 24.0 Å². The number of hydrogen-bond donors (Lipinski definition) is 1. The summed E-state index contributed by atoms with van der Waals surface area (Å²) in [7, 11) is 1.79. The van der Waals surface area contributed by atoms with E-state index in [1.54, 1.807) is 24.9 Å². The number of likely N-dealkylation sites (N-methyl/N-ethyl adjacent to an activating group) is 1. The largest absolute Gasteiger partial charge is 0.361 e. The molecule has 2 amide bonds. The van der Waals surface area contributed by atoms with Crippen LogP contribution < -0.4 is 10.2 Å². The van der Waals surface area contributed by atoms with Crippen LogP contribution in [0.1, 0.15) is 26.8 Å². The van der Waals surface area contributed by atoms with Crippen molar-refractivity contribution in [3.8, 4) is 0 Å². The number of nitrogens with zero attached hydrogens (tertiary/aromatic N) is 4. The summed E-state index contributed by atoms with van der Waals surface area (Å²) in [5, 5.41) is 7.03. The van der Waals surface area contributed by atoms with E-state index < -0.39 is 0 Å². The lowest BCUT2D eigenvalue weighted by atomic mass is 10.2. The van der Waals surface area contributed by atoms with Crippen molar-refractivity contribution in [2.45, 2.75) is 19.9 Å². The number of anilines is 2. The topological polar surface area (TPSA) is 91.6 Å². The Balaban J connectivity index is 1.37. The number of aromatic nitrogens is 2. The lowest BCUT2D eigenvalue weighted by Gasteiger charge is -2.27. The Morgan fingerprint density at radius 1 is 1.31 bits per heavy atom. The van der Waals surface area contributed by atoms with Crippen LogP contribution >= 0.6 is 11.3 Å². The minimum atomic E-state index is -0.343. The molecule has 9 heteroatoms. The molecule has 4 rings (SSSR count). The molecule has 0 bridgehead atoms. The van der Waals surface area contributed by atoms with Gasteiger partial charge in [0.1, 0.15) is 5.76 Å². The highest BCUT2D eigenvalue weighted by molar-refractivity contribution is 7.15. The zero-order chi connectivity index (χ0) is 20.4. The van der Waals surface area contributed by atoms with E-state index in [1.165, 1.54) is 11.3 Å². The quantitative estimate of drug-likeness (QED) is 0.694. The highest BCUT2D eigenvalue weighted by Gasteiger charge is 2.24. The Labute approximate surface area is 172 Å². The van der Waals surface area contributed by atoms with Crippen molar-refractivity contribution in [1.29, 1.82) is 0 Å². The van der Waals surface area contributed by atoms with Crippen LogP contribution in [0.3, 0.4) is 0 Å². The first kappa shape index (κ1) is 19.3. The fourth-order valence-corrected chi connectivity index (χ4v) is 4.21. The average molecular weight is 411 g/mol. The SMILES string of the molecule is Cc1cc(C(=O)Nc2nc3c(s2)CN(CC(=O)N(C)c2ccccc2)CC3)no1. The minimum Gasteiger partial charge on any atom is -0.361 e. The standard InChI is InChI=1S/C20H21N5O3S/c1-13-10-16(23-28-13)19(27)22-20-21-15-8-9-25(11-17(15)29-20)12-18(26)24(2)14-6-4-3-5-7-14/h3-7,10H,8-9,11-12H2,1-2H3,(H,21,22,27). The van der Waals surface area contributed by atoms with Gasteiger partial charge in [0, 0.05) is 43.2 Å². The van der Waals surface area contributed by atoms with E-state index in [0.717, 1.165) is 29.2 Å². The van der Waals surface area contributed by atoms with Crippen molar-refractivity contribution in [2.75, 3.05) is 30.4 Å². The van der Waals surface area contributed by atoms with Gasteiger partial charge in [-0.15, -0.1) is 11.3 Å². The molecule has 150 valence electrons. The van der Waals surface area contributed by atoms with E-state index in [-0.39, 0.29) is 17.5 Å². The van der Waals surface area contributed by atoms with E-state index >= 15 is 0 Å². The second-order valence-corrected chi connectivity index (χ2v) is 8.00. The van der Waals surface area contributed by atoms with Gasteiger partial charge in [-0.25, -0.2) is 4.98 Å². The van der Waals surface area contributed by atoms with Gasteiger partial charge in [0.15, 0.2) is 10.8 Å². The smallest absolute Gasteiger partial charge is 0.279 e. The van der Waals surface area contributed by atoms with Crippen molar-refractivity contribution in [1.82, 2.24) is 15.0 Å². The van der Waals surface area contributed by atoms with Crippen molar-refractivity contribution in [2.24, 2.45) is 0 Å². The highest BCUT2D eigenvalue weighted by atomic mass is 32.1. The first-order valence-corrected chi connectivity index (χ1v) is 10.1. The molecular formula is C20H21N5O3S. The van der Waals surface area contributed by atoms with Crippen molar-refractivity contribution in [3.63, 3.8) is 0 Å². The second kappa shape index (κ2) is 8.14. The minimum absolute atomic E-state index is 0.0408. The van der Waals surface area contributed by atoms with Crippen LogP contribution in [-0.2, 0) is 17.8 Å². The summed E-state index contributed by atoms with van der Waals surface area (Å²) in [6, 6.07) is 11.2. The Bertz CT molecular complexity index is 1030. The summed E-state index contributed by atoms with van der Waals surface area (Å²) in [6.45, 7) is 3.46. The molecule has 1 aliphatic rings. The predicted molar refractivity (Wildman–Crippen MR) is 110 cm³/mol. The number of rotatable bonds is 5. The van der Waals surface area contributed by atoms with Crippen LogP contribution in [-0.4, -0.2) is 47.0 Å². The van der Waals surface area contributed by atoms with Gasteiger partial charge in [0.05, 0.1) is 12.2 Å². The molecule has 0 spiro atoms. The summed E-state index contributed by atoms with van der Waals surface area (Å²) in [4.78, 5) is 34.2. The van der Waals surface area contributed by atoms with Gasteiger partial charge < -0.3 is 9.42 Å². The van der Waals surface area contributed by atoms with Crippen molar-refractivity contribution >= 4 is 34.0 Å². The van der Waals surface area contributed by atoms with Crippen LogP contribution in [0.2, 0.25) is 0 Å². The van der Waals surface area contributed by atoms with E-state index in [4.69, 9.17) is 4.52 Å². The molecule has 1 aromatic carbocycles. The number of hydrogen-bond acceptors (Lipinski definition) is 7. The third kappa shape index (κ3) is 4.36. The maximum absolute atomic E-state index is 12.6. The molecule has 0 radical (unpaired) electrons. The molecule has 1 aliphatic heterocycles. The van der Waals surface area contributed by atoms with Crippen molar-refractivity contribution in [3.05, 3.63) is 58.4 Å². The van der Waals surface area contributed by atoms with E-state index in [2.05, 4.69) is 20.4 Å². The number of fused-ring (bicyclic) bond motifs is 1. The van der Waals surface area contributed by atoms with Gasteiger partial charge in [-0.3, -0.25) is 19.8 Å². The van der Waals surface area contributed by atoms with Crippen LogP contribution in [0.15, 0.2) is 40.9 Å². The molecule has 29 heavy (non-hydrogen) atoms. The molecule has 0 fully saturated rings. The second-order valence-electron chi connectivity index (χ2n) is 6.91. The maximum atomic E-state index is 12.6. The number of amides is 2. The number of benzene rings is 1. The zero-order valence-corrected chi connectivity index (χ0v) is 17.0. The van der Waals surface area contributed by atoms with Gasteiger partial charge in [-0.1, -0.05) is 23.4 Å². The molecule has 3 heterocycles. The molecule has 0 unspecified atom stereocenters. The van der Waals surface area contributed by atoms with Gasteiger partial charge in [0.25, 0.3) is 5.91 Å². The summed E-state index contributed by atoms with van der Waals surface area (Å²) in [6.07, 6.45) is 0.743. The highest BCUT2D eigenvalue weighted by Crippen LogP contribution is 2.28. The zero-order valence-electron chi connectivity index (χ0n) is 16.2. The first-order chi connectivity index (χ1) is 14.0. The lowest BCUT2D eigenvalue weighted by Crippen LogP contribution is -2.40. The number of carbonyl (C=O) groups is 2. The summed E-state index contributed by atoms with van der Waals surface area (Å²) in [5.74, 6) is 0.276. The first-order valence-electron chi connectivity index (χ1n) is 9.27. The summed E-state index contributed by atoms with van der Waals surface area (Å²) >= 11 is 1.43. The van der Waals surface area contributed by atoms with Crippen LogP contribution in [0.4, 0.5) is 10.8 Å². The molecule has 2 aromatic heterocycles. The Hall–Kier alpha value is -3.04. The van der Waals surface area contributed by atoms with Gasteiger partial charge >= 0.3 is 0 Å². The summed E-state index contributed by atoms with van der Waals surface area (Å²) < 4.78 is 4.94. The van der Waals surface area contributed by atoms with Crippen LogP contribution in [0, 0.1) is 6.92 Å². The Morgan fingerprint density at radius 2 is 2.10 bits per heavy atom. The Morgan fingerprint density at radius 3 is 2.83 bits per heavy atom. The van der Waals surface area contributed by atoms with Crippen LogP contribution in [0.5, 0.6) is 0 Å². The molecule has 3 aromatic rings. The predicted octanol–water partition coefficient (Wildman–Crippen LogP) is 2.71. The third-order valence-corrected chi connectivity index (χ3v) is 5.77. The normalized spacial score (nSPS) is 13.7. The van der Waals surface area contributed by atoms with Gasteiger partial charge in [-0.2, -0.15) is 0 Å². The number of aryl methyl sites for hydroxylation is 1. The maximum Gasteiger partial charge on any atom is 0.279 e. The molecule has 0 saturated carbocycles. The monoisotopic (exact) mass is 411 g/mol. The molecule has 8 nitrogen and oxygen atoms in total. The van der Waals surface area contributed by atoms with Crippen LogP contribution in [0.25, 0.3) is 0 Å². The number of thiazole rings is 1. The van der Waals surface area contributed by atoms with E-state index in [9.17, 15) is 9.59 Å². The lowest BCUT2D eigenvalue weighted by molar-refractivity contribution is -0.119. The molecule has 0 aliphatic carbocycles. The Kier molecular flexibility index (Phi) is 5.41. The molecule has 0 atom stereocenters. The van der Waals surface area contributed by atoms with Crippen molar-refractivity contribution < 1.29 is 14.1 Å². The average Bonchev–Trinajstić information content (AvgIpc) is 3.33. The van der Waals surface area contributed by atoms with E-state index in [1.807, 2.05) is 30.3 Å². The summed E-state index contributed by atoms with van der Waals surface area (Å²) in [5.41, 5.74) is 2.08. The number of carbonyl (C=O) groups excluding carboxylic acids is 2.